The summed E-state index contributed by atoms with van der Waals surface area (Å²) in [5.41, 5.74) is 5.87. The molecule has 0 radical (unpaired) electrons. The first kappa shape index (κ1) is 12.9. The lowest BCUT2D eigenvalue weighted by molar-refractivity contribution is -0.122. The molecule has 2 aliphatic rings. The van der Waals surface area contributed by atoms with Gasteiger partial charge in [-0.1, -0.05) is 12.8 Å². The van der Waals surface area contributed by atoms with Crippen LogP contribution >= 0.6 is 0 Å². The molecule has 0 bridgehead atoms. The number of amides is 1. The molecule has 0 aromatic carbocycles. The molecule has 0 heterocycles. The lowest BCUT2D eigenvalue weighted by atomic mass is 9.84. The van der Waals surface area contributed by atoms with Crippen molar-refractivity contribution in [1.29, 1.82) is 0 Å². The number of hydrogen-bond donors (Lipinski definition) is 2. The van der Waals surface area contributed by atoms with Crippen molar-refractivity contribution in [1.82, 2.24) is 5.32 Å². The Morgan fingerprint density at radius 1 is 1.00 bits per heavy atom. The Balaban J connectivity index is 1.60. The van der Waals surface area contributed by atoms with Crippen LogP contribution in [0.3, 0.4) is 0 Å². The van der Waals surface area contributed by atoms with Crippen LogP contribution in [0, 0.1) is 11.8 Å². The summed E-state index contributed by atoms with van der Waals surface area (Å²) >= 11 is 0. The SMILES string of the molecule is NC1CCC(CC(=O)NCC2CCCC2)CC1. The zero-order valence-electron chi connectivity index (χ0n) is 10.8. The Morgan fingerprint density at radius 3 is 2.29 bits per heavy atom. The summed E-state index contributed by atoms with van der Waals surface area (Å²) in [4.78, 5) is 11.8. The molecule has 3 heteroatoms. The molecule has 3 nitrogen and oxygen atoms in total. The fraction of sp³-hybridized carbons (Fsp3) is 0.929. The number of rotatable bonds is 4. The van der Waals surface area contributed by atoms with E-state index in [9.17, 15) is 4.79 Å². The third-order valence-corrected chi connectivity index (χ3v) is 4.43. The van der Waals surface area contributed by atoms with Crippen molar-refractivity contribution in [3.8, 4) is 0 Å². The van der Waals surface area contributed by atoms with E-state index in [0.717, 1.165) is 44.6 Å². The fourth-order valence-corrected chi connectivity index (χ4v) is 3.20. The van der Waals surface area contributed by atoms with Gasteiger partial charge in [-0.05, 0) is 50.4 Å². The van der Waals surface area contributed by atoms with Crippen molar-refractivity contribution in [2.45, 2.75) is 63.8 Å². The second-order valence-corrected chi connectivity index (χ2v) is 5.94. The minimum absolute atomic E-state index is 0.261. The second kappa shape index (κ2) is 6.39. The molecule has 0 aromatic rings. The van der Waals surface area contributed by atoms with E-state index in [0.29, 0.717) is 12.0 Å². The molecule has 0 aliphatic heterocycles. The number of hydrogen-bond acceptors (Lipinski definition) is 2. The lowest BCUT2D eigenvalue weighted by Gasteiger charge is -2.25. The Kier molecular flexibility index (Phi) is 4.84. The molecule has 0 aromatic heterocycles. The van der Waals surface area contributed by atoms with Gasteiger partial charge in [0.05, 0.1) is 0 Å². The largest absolute Gasteiger partial charge is 0.356 e. The van der Waals surface area contributed by atoms with Gasteiger partial charge in [-0.25, -0.2) is 0 Å². The van der Waals surface area contributed by atoms with E-state index in [4.69, 9.17) is 5.73 Å². The number of nitrogens with two attached hydrogens (primary N) is 1. The highest BCUT2D eigenvalue weighted by Crippen LogP contribution is 2.26. The lowest BCUT2D eigenvalue weighted by Crippen LogP contribution is -2.32. The molecule has 98 valence electrons. The van der Waals surface area contributed by atoms with Gasteiger partial charge in [-0.3, -0.25) is 4.79 Å². The van der Waals surface area contributed by atoms with Gasteiger partial charge in [-0.2, -0.15) is 0 Å². The summed E-state index contributed by atoms with van der Waals surface area (Å²) in [6.07, 6.45) is 10.5. The highest BCUT2D eigenvalue weighted by Gasteiger charge is 2.21. The van der Waals surface area contributed by atoms with Crippen molar-refractivity contribution < 1.29 is 4.79 Å². The standard InChI is InChI=1S/C14H26N2O/c15-13-7-5-11(6-8-13)9-14(17)16-10-12-3-1-2-4-12/h11-13H,1-10,15H2,(H,16,17). The van der Waals surface area contributed by atoms with Crippen molar-refractivity contribution in [2.75, 3.05) is 6.54 Å². The van der Waals surface area contributed by atoms with E-state index in [2.05, 4.69) is 5.32 Å². The second-order valence-electron chi connectivity index (χ2n) is 5.94. The van der Waals surface area contributed by atoms with Crippen LogP contribution in [0.2, 0.25) is 0 Å². The zero-order chi connectivity index (χ0) is 12.1. The van der Waals surface area contributed by atoms with Gasteiger partial charge in [0.2, 0.25) is 5.91 Å². The normalized spacial score (nSPS) is 30.4. The molecule has 2 rings (SSSR count). The summed E-state index contributed by atoms with van der Waals surface area (Å²) in [5.74, 6) is 1.59. The van der Waals surface area contributed by atoms with Gasteiger partial charge in [0.15, 0.2) is 0 Å². The minimum atomic E-state index is 0.261. The minimum Gasteiger partial charge on any atom is -0.356 e. The molecule has 1 amide bonds. The van der Waals surface area contributed by atoms with Gasteiger partial charge in [0.25, 0.3) is 0 Å². The number of nitrogens with one attached hydrogen (secondary N) is 1. The third kappa shape index (κ3) is 4.30. The molecule has 2 aliphatic carbocycles. The molecule has 3 N–H and O–H groups in total. The molecule has 2 saturated carbocycles. The Labute approximate surface area is 105 Å². The quantitative estimate of drug-likeness (QED) is 0.789. The van der Waals surface area contributed by atoms with Crippen LogP contribution in [0.5, 0.6) is 0 Å². The van der Waals surface area contributed by atoms with Crippen LogP contribution < -0.4 is 11.1 Å². The highest BCUT2D eigenvalue weighted by molar-refractivity contribution is 5.76. The summed E-state index contributed by atoms with van der Waals surface area (Å²) in [6, 6.07) is 0.382. The number of carbonyl (C=O) groups excluding carboxylic acids is 1. The van der Waals surface area contributed by atoms with E-state index in [1.54, 1.807) is 0 Å². The van der Waals surface area contributed by atoms with Crippen LogP contribution in [0.15, 0.2) is 0 Å². The smallest absolute Gasteiger partial charge is 0.220 e. The van der Waals surface area contributed by atoms with Gasteiger partial charge in [0.1, 0.15) is 0 Å². The molecule has 17 heavy (non-hydrogen) atoms. The molecule has 0 saturated heterocycles. The zero-order valence-corrected chi connectivity index (χ0v) is 10.8. The maximum absolute atomic E-state index is 11.8. The molecular weight excluding hydrogens is 212 g/mol. The molecule has 0 spiro atoms. The van der Waals surface area contributed by atoms with E-state index >= 15 is 0 Å². The highest BCUT2D eigenvalue weighted by atomic mass is 16.1. The van der Waals surface area contributed by atoms with Gasteiger partial charge in [0, 0.05) is 19.0 Å². The maximum atomic E-state index is 11.8. The first-order valence-electron chi connectivity index (χ1n) is 7.26. The topological polar surface area (TPSA) is 55.1 Å². The molecule has 0 atom stereocenters. The van der Waals surface area contributed by atoms with E-state index in [1.807, 2.05) is 0 Å². The van der Waals surface area contributed by atoms with Crippen molar-refractivity contribution >= 4 is 5.91 Å². The molecule has 2 fully saturated rings. The van der Waals surface area contributed by atoms with Crippen LogP contribution in [0.1, 0.15) is 57.8 Å². The molecule has 0 unspecified atom stereocenters. The average molecular weight is 238 g/mol. The Hall–Kier alpha value is -0.570. The first-order valence-corrected chi connectivity index (χ1v) is 7.26. The van der Waals surface area contributed by atoms with E-state index in [1.165, 1.54) is 25.7 Å². The predicted octanol–water partition coefficient (Wildman–Crippen LogP) is 2.20. The van der Waals surface area contributed by atoms with Crippen LogP contribution in [0.4, 0.5) is 0 Å². The van der Waals surface area contributed by atoms with Crippen LogP contribution in [-0.4, -0.2) is 18.5 Å². The van der Waals surface area contributed by atoms with Gasteiger partial charge >= 0.3 is 0 Å². The molecular formula is C14H26N2O. The third-order valence-electron chi connectivity index (χ3n) is 4.43. The van der Waals surface area contributed by atoms with Gasteiger partial charge in [-0.15, -0.1) is 0 Å². The number of carbonyl (C=O) groups is 1. The maximum Gasteiger partial charge on any atom is 0.220 e. The van der Waals surface area contributed by atoms with Crippen molar-refractivity contribution in [2.24, 2.45) is 17.6 Å². The average Bonchev–Trinajstić information content (AvgIpc) is 2.83. The predicted molar refractivity (Wildman–Crippen MR) is 69.5 cm³/mol. The summed E-state index contributed by atoms with van der Waals surface area (Å²) in [5, 5.41) is 3.11. The van der Waals surface area contributed by atoms with E-state index in [-0.39, 0.29) is 5.91 Å². The van der Waals surface area contributed by atoms with Crippen LogP contribution in [-0.2, 0) is 4.79 Å². The summed E-state index contributed by atoms with van der Waals surface area (Å²) in [6.45, 7) is 0.908. The van der Waals surface area contributed by atoms with Crippen LogP contribution in [0.25, 0.3) is 0 Å². The Morgan fingerprint density at radius 2 is 1.65 bits per heavy atom. The van der Waals surface area contributed by atoms with Gasteiger partial charge < -0.3 is 11.1 Å². The Bertz CT molecular complexity index is 241. The fourth-order valence-electron chi connectivity index (χ4n) is 3.20. The van der Waals surface area contributed by atoms with Crippen molar-refractivity contribution in [3.63, 3.8) is 0 Å². The van der Waals surface area contributed by atoms with E-state index < -0.39 is 0 Å². The summed E-state index contributed by atoms with van der Waals surface area (Å²) < 4.78 is 0. The monoisotopic (exact) mass is 238 g/mol. The first-order chi connectivity index (χ1) is 8.24. The summed E-state index contributed by atoms with van der Waals surface area (Å²) in [7, 11) is 0. The van der Waals surface area contributed by atoms with Crippen molar-refractivity contribution in [3.05, 3.63) is 0 Å².